The fourth-order valence-corrected chi connectivity index (χ4v) is 5.03. The molecule has 4 N–H and O–H groups in total. The number of nitrogens with one attached hydrogen (secondary N) is 3. The van der Waals surface area contributed by atoms with Crippen LogP contribution in [0.1, 0.15) is 47.2 Å². The predicted molar refractivity (Wildman–Crippen MR) is 153 cm³/mol. The number of β-amino-alcohol motifs (C(OH)–C–C–N with tert-alkyl or cyclic N) is 1. The van der Waals surface area contributed by atoms with Crippen LogP contribution in [0.15, 0.2) is 54.6 Å². The van der Waals surface area contributed by atoms with Crippen LogP contribution in [-0.2, 0) is 0 Å². The predicted octanol–water partition coefficient (Wildman–Crippen LogP) is 4.89. The molecular weight excluding hydrogens is 476 g/mol. The number of rotatable bonds is 8. The highest BCUT2D eigenvalue weighted by atomic mass is 16.3. The van der Waals surface area contributed by atoms with E-state index in [0.717, 1.165) is 54.3 Å². The molecule has 0 unspecified atom stereocenters. The van der Waals surface area contributed by atoms with Gasteiger partial charge < -0.3 is 31.0 Å². The maximum absolute atomic E-state index is 13.1. The normalized spacial score (nSPS) is 15.6. The number of carbonyl (C=O) groups is 1. The van der Waals surface area contributed by atoms with Crippen molar-refractivity contribution in [2.24, 2.45) is 0 Å². The zero-order valence-electron chi connectivity index (χ0n) is 21.7. The molecule has 0 saturated carbocycles. The van der Waals surface area contributed by atoms with Gasteiger partial charge in [0.15, 0.2) is 0 Å². The Balaban J connectivity index is 1.44. The lowest BCUT2D eigenvalue weighted by atomic mass is 9.99. The molecule has 0 radical (unpaired) electrons. The topological polar surface area (TPSA) is 116 Å². The summed E-state index contributed by atoms with van der Waals surface area (Å²) < 4.78 is 0. The number of aromatic nitrogens is 1. The van der Waals surface area contributed by atoms with Gasteiger partial charge >= 0.3 is 0 Å². The van der Waals surface area contributed by atoms with Gasteiger partial charge in [-0.2, -0.15) is 0 Å². The Morgan fingerprint density at radius 3 is 2.45 bits per heavy atom. The molecule has 2 saturated heterocycles. The van der Waals surface area contributed by atoms with Crippen LogP contribution in [0.4, 0.5) is 17.3 Å². The van der Waals surface area contributed by atoms with Crippen molar-refractivity contribution in [3.05, 3.63) is 71.3 Å². The molecule has 0 atom stereocenters. The van der Waals surface area contributed by atoms with E-state index in [4.69, 9.17) is 15.8 Å². The summed E-state index contributed by atoms with van der Waals surface area (Å²) in [7, 11) is 0. The monoisotopic (exact) mass is 510 g/mol. The number of hydrogen-bond donors (Lipinski definition) is 4. The quantitative estimate of drug-likeness (QED) is 0.322. The molecular formula is C30H34N6O2. The molecule has 0 bridgehead atoms. The van der Waals surface area contributed by atoms with E-state index < -0.39 is 0 Å². The second-order valence-corrected chi connectivity index (χ2v) is 10.1. The largest absolute Gasteiger partial charge is 0.389 e. The summed E-state index contributed by atoms with van der Waals surface area (Å²) in [5.74, 6) is 1.58. The number of anilines is 3. The third kappa shape index (κ3) is 5.60. The number of hydrogen-bond acceptors (Lipinski definition) is 7. The summed E-state index contributed by atoms with van der Waals surface area (Å²) in [6.45, 7) is 5.21. The molecule has 2 aliphatic rings. The SMILES string of the molecule is Cc1ccc(NC(=O)c2cccc(C(=N)CC=N)c2)cc1-c1cc(N2CCCCC2)nc(N2CC(O)C2)c1. The van der Waals surface area contributed by atoms with Gasteiger partial charge in [-0.3, -0.25) is 4.79 Å². The van der Waals surface area contributed by atoms with Gasteiger partial charge in [0.05, 0.1) is 6.10 Å². The van der Waals surface area contributed by atoms with Crippen LogP contribution in [0.3, 0.4) is 0 Å². The van der Waals surface area contributed by atoms with Crippen LogP contribution in [0.2, 0.25) is 0 Å². The number of aliphatic hydroxyl groups is 1. The van der Waals surface area contributed by atoms with E-state index >= 15 is 0 Å². The van der Waals surface area contributed by atoms with Gasteiger partial charge in [-0.1, -0.05) is 18.2 Å². The van der Waals surface area contributed by atoms with Crippen LogP contribution < -0.4 is 15.1 Å². The van der Waals surface area contributed by atoms with Gasteiger partial charge in [-0.05, 0) is 84.8 Å². The fraction of sp³-hybridized carbons (Fsp3) is 0.333. The minimum atomic E-state index is -0.313. The van der Waals surface area contributed by atoms with Crippen molar-refractivity contribution in [1.82, 2.24) is 4.98 Å². The minimum Gasteiger partial charge on any atom is -0.389 e. The molecule has 38 heavy (non-hydrogen) atoms. The number of nitrogens with zero attached hydrogens (tertiary/aromatic N) is 3. The molecule has 0 aliphatic carbocycles. The number of aliphatic hydroxyl groups excluding tert-OH is 1. The molecule has 8 heteroatoms. The van der Waals surface area contributed by atoms with Gasteiger partial charge in [-0.15, -0.1) is 0 Å². The van der Waals surface area contributed by atoms with Crippen molar-refractivity contribution < 1.29 is 9.90 Å². The van der Waals surface area contributed by atoms with Gasteiger partial charge in [0.25, 0.3) is 5.91 Å². The van der Waals surface area contributed by atoms with E-state index in [1.165, 1.54) is 12.6 Å². The average Bonchev–Trinajstić information content (AvgIpc) is 2.92. The van der Waals surface area contributed by atoms with Crippen molar-refractivity contribution in [3.63, 3.8) is 0 Å². The molecule has 2 aliphatic heterocycles. The maximum Gasteiger partial charge on any atom is 0.255 e. The van der Waals surface area contributed by atoms with E-state index in [1.54, 1.807) is 24.3 Å². The molecule has 3 heterocycles. The number of benzene rings is 2. The van der Waals surface area contributed by atoms with Crippen LogP contribution in [-0.4, -0.2) is 60.2 Å². The van der Waals surface area contributed by atoms with Crippen LogP contribution in [0.25, 0.3) is 11.1 Å². The van der Waals surface area contributed by atoms with Gasteiger partial charge in [0, 0.05) is 55.8 Å². The standard InChI is InChI=1S/C30H34N6O2/c1-20-8-9-24(33-30(38)22-7-5-6-21(14-22)27(32)10-11-31)17-26(20)23-15-28(35-12-3-2-4-13-35)34-29(16-23)36-18-25(37)19-36/h5-9,11,14-17,25,31-32,37H,2-4,10,12-13,18-19H2,1H3,(H,33,38). The van der Waals surface area contributed by atoms with Crippen LogP contribution in [0, 0.1) is 17.7 Å². The first kappa shape index (κ1) is 25.6. The third-order valence-corrected chi connectivity index (χ3v) is 7.25. The summed E-state index contributed by atoms with van der Waals surface area (Å²) in [5, 5.41) is 28.2. The Kier molecular flexibility index (Phi) is 7.51. The van der Waals surface area contributed by atoms with E-state index in [1.807, 2.05) is 18.2 Å². The molecule has 1 amide bonds. The van der Waals surface area contributed by atoms with Crippen molar-refractivity contribution in [1.29, 1.82) is 10.8 Å². The molecule has 2 aromatic carbocycles. The fourth-order valence-electron chi connectivity index (χ4n) is 5.03. The smallest absolute Gasteiger partial charge is 0.255 e. The zero-order valence-corrected chi connectivity index (χ0v) is 21.7. The summed E-state index contributed by atoms with van der Waals surface area (Å²) in [6.07, 6.45) is 4.67. The summed E-state index contributed by atoms with van der Waals surface area (Å²) in [4.78, 5) is 22.5. The molecule has 8 nitrogen and oxygen atoms in total. The summed E-state index contributed by atoms with van der Waals surface area (Å²) in [6, 6.07) is 17.1. The zero-order chi connectivity index (χ0) is 26.6. The molecule has 5 rings (SSSR count). The number of amides is 1. The number of piperidine rings is 1. The summed E-state index contributed by atoms with van der Waals surface area (Å²) in [5.41, 5.74) is 5.24. The first-order valence-electron chi connectivity index (χ1n) is 13.2. The van der Waals surface area contributed by atoms with Gasteiger partial charge in [0.2, 0.25) is 0 Å². The lowest BCUT2D eigenvalue weighted by Crippen LogP contribution is -2.51. The molecule has 196 valence electrons. The summed E-state index contributed by atoms with van der Waals surface area (Å²) >= 11 is 0. The minimum absolute atomic E-state index is 0.232. The lowest BCUT2D eigenvalue weighted by Gasteiger charge is -2.38. The lowest BCUT2D eigenvalue weighted by molar-refractivity contribution is 0.102. The van der Waals surface area contributed by atoms with E-state index in [0.29, 0.717) is 35.6 Å². The van der Waals surface area contributed by atoms with E-state index in [-0.39, 0.29) is 18.4 Å². The van der Waals surface area contributed by atoms with Gasteiger partial charge in [0.1, 0.15) is 11.6 Å². The number of aryl methyl sites for hydroxylation is 1. The molecule has 1 aromatic heterocycles. The number of pyridine rings is 1. The second kappa shape index (κ2) is 11.1. The molecule has 3 aromatic rings. The third-order valence-electron chi connectivity index (χ3n) is 7.25. The highest BCUT2D eigenvalue weighted by Crippen LogP contribution is 2.34. The molecule has 0 spiro atoms. The Morgan fingerprint density at radius 1 is 1.03 bits per heavy atom. The highest BCUT2D eigenvalue weighted by molar-refractivity contribution is 6.09. The Hall–Kier alpha value is -4.04. The van der Waals surface area contributed by atoms with Crippen molar-refractivity contribution in [2.75, 3.05) is 41.3 Å². The van der Waals surface area contributed by atoms with E-state index in [2.05, 4.69) is 34.2 Å². The first-order valence-corrected chi connectivity index (χ1v) is 13.2. The van der Waals surface area contributed by atoms with Crippen molar-refractivity contribution in [2.45, 2.75) is 38.7 Å². The molecule has 2 fully saturated rings. The number of carbonyl (C=O) groups excluding carboxylic acids is 1. The first-order chi connectivity index (χ1) is 18.4. The Bertz CT molecular complexity index is 1360. The van der Waals surface area contributed by atoms with Crippen molar-refractivity contribution >= 4 is 35.2 Å². The van der Waals surface area contributed by atoms with Crippen molar-refractivity contribution in [3.8, 4) is 11.1 Å². The van der Waals surface area contributed by atoms with Crippen LogP contribution >= 0.6 is 0 Å². The van der Waals surface area contributed by atoms with Gasteiger partial charge in [-0.25, -0.2) is 4.98 Å². The highest BCUT2D eigenvalue weighted by Gasteiger charge is 2.27. The average molecular weight is 511 g/mol. The second-order valence-electron chi connectivity index (χ2n) is 10.1. The van der Waals surface area contributed by atoms with Crippen LogP contribution in [0.5, 0.6) is 0 Å². The Labute approximate surface area is 223 Å². The van der Waals surface area contributed by atoms with E-state index in [9.17, 15) is 9.90 Å². The maximum atomic E-state index is 13.1. The Morgan fingerprint density at radius 2 is 1.74 bits per heavy atom.